The van der Waals surface area contributed by atoms with E-state index >= 15 is 0 Å². The van der Waals surface area contributed by atoms with Crippen LogP contribution in [0.5, 0.6) is 0 Å². The number of phosphoric acid groups is 3. The quantitative estimate of drug-likeness (QED) is 0.0563. The number of aryl methyl sites for hydroxylation is 1. The van der Waals surface area contributed by atoms with Crippen LogP contribution in [0.2, 0.25) is 0 Å². The van der Waals surface area contributed by atoms with Gasteiger partial charge < -0.3 is 49.9 Å². The van der Waals surface area contributed by atoms with E-state index in [2.05, 4.69) is 39.5 Å². The minimum absolute atomic E-state index is 0.0236. The van der Waals surface area contributed by atoms with Gasteiger partial charge in [-0.3, -0.25) is 23.4 Å². The van der Waals surface area contributed by atoms with Gasteiger partial charge in [0.1, 0.15) is 36.6 Å². The highest BCUT2D eigenvalue weighted by Crippen LogP contribution is 2.67. The molecule has 11 atom stereocenters. The highest BCUT2D eigenvalue weighted by molar-refractivity contribution is 7.66. The Morgan fingerprint density at radius 3 is 2.09 bits per heavy atom. The average molecular weight is 708 g/mol. The molecule has 0 radical (unpaired) electrons. The second kappa shape index (κ2) is 13.7. The SMILES string of the molecule is C=CCNc1nc2c(c(=O)[nH]1)n(C)c[n+]2[C@@H]1O[C@H](COP(=O)(O)OP(=O)(O)OP(=O)(O)OC[C@H]2O[C@@H](C)[C@@H](O)C2O)[C@H](O)C1O. The Morgan fingerprint density at radius 1 is 1.00 bits per heavy atom. The standard InChI is InChI=1S/C20H32N5O17P3/c1-4-5-21-20-22-17-12(18(30)23-20)24(3)8-25(17)19-16(29)15(28)11(40-19)7-38-44(33,34)42-45(35,36)41-43(31,32)37-6-10-14(27)13(26)9(2)39-10/h4,8-11,13-16,19,26-29H,1,5-7H2,2-3H3,(H4-,21,22,23,30,31,32,33,34,35,36)/p+1/t9-,10+,11+,13+,14?,15-,16?,19+/m0/s1. The number of fused-ring (bicyclic) bond motifs is 1. The molecule has 9 N–H and O–H groups in total. The summed E-state index contributed by atoms with van der Waals surface area (Å²) in [4.78, 5) is 48.9. The second-order valence-corrected chi connectivity index (χ2v) is 14.6. The molecule has 2 aromatic heterocycles. The van der Waals surface area contributed by atoms with Crippen LogP contribution >= 0.6 is 23.5 Å². The third kappa shape index (κ3) is 8.32. The molecule has 25 heteroatoms. The highest BCUT2D eigenvalue weighted by atomic mass is 31.3. The fourth-order valence-electron chi connectivity index (χ4n) is 4.52. The molecule has 4 heterocycles. The molecule has 22 nitrogen and oxygen atoms in total. The van der Waals surface area contributed by atoms with E-state index in [0.717, 1.165) is 0 Å². The van der Waals surface area contributed by atoms with Gasteiger partial charge in [-0.25, -0.2) is 18.3 Å². The van der Waals surface area contributed by atoms with Crippen molar-refractivity contribution >= 4 is 40.6 Å². The fourth-order valence-corrected chi connectivity index (χ4v) is 8.04. The minimum Gasteiger partial charge on any atom is -0.388 e. The highest BCUT2D eigenvalue weighted by Gasteiger charge is 2.49. The van der Waals surface area contributed by atoms with Gasteiger partial charge >= 0.3 is 29.1 Å². The van der Waals surface area contributed by atoms with E-state index in [4.69, 9.17) is 9.47 Å². The van der Waals surface area contributed by atoms with Gasteiger partial charge in [-0.15, -0.1) is 6.58 Å². The van der Waals surface area contributed by atoms with Crippen LogP contribution in [0.3, 0.4) is 0 Å². The Bertz CT molecular complexity index is 1600. The van der Waals surface area contributed by atoms with Gasteiger partial charge in [-0.2, -0.15) is 8.62 Å². The summed E-state index contributed by atoms with van der Waals surface area (Å²) < 4.78 is 67.0. The van der Waals surface area contributed by atoms with Crippen LogP contribution in [0.4, 0.5) is 5.95 Å². The number of aromatic amines is 1. The predicted molar refractivity (Wildman–Crippen MR) is 146 cm³/mol. The topological polar surface area (TPSA) is 315 Å². The number of aliphatic hydroxyl groups excluding tert-OH is 4. The molecule has 2 aliphatic rings. The summed E-state index contributed by atoms with van der Waals surface area (Å²) in [5, 5.41) is 43.5. The van der Waals surface area contributed by atoms with Gasteiger partial charge in [0, 0.05) is 6.54 Å². The molecule has 2 aromatic rings. The van der Waals surface area contributed by atoms with Crippen molar-refractivity contribution < 1.29 is 80.5 Å². The van der Waals surface area contributed by atoms with Crippen molar-refractivity contribution in [3.8, 4) is 0 Å². The zero-order chi connectivity index (χ0) is 33.5. The van der Waals surface area contributed by atoms with Crippen molar-refractivity contribution in [3.05, 3.63) is 29.3 Å². The minimum atomic E-state index is -5.87. The lowest BCUT2D eigenvalue weighted by Gasteiger charge is -2.21. The molecule has 0 aliphatic carbocycles. The Labute approximate surface area is 253 Å². The van der Waals surface area contributed by atoms with E-state index in [1.165, 1.54) is 35.5 Å². The van der Waals surface area contributed by atoms with Crippen LogP contribution in [0.15, 0.2) is 23.8 Å². The van der Waals surface area contributed by atoms with Gasteiger partial charge in [-0.05, 0) is 6.92 Å². The van der Waals surface area contributed by atoms with Gasteiger partial charge in [0.15, 0.2) is 6.33 Å². The Balaban J connectivity index is 1.38. The first-order valence-corrected chi connectivity index (χ1v) is 17.4. The number of rotatable bonds is 14. The first-order valence-electron chi connectivity index (χ1n) is 12.9. The molecule has 0 amide bonds. The smallest absolute Gasteiger partial charge is 0.388 e. The molecule has 2 aliphatic heterocycles. The monoisotopic (exact) mass is 708 g/mol. The summed E-state index contributed by atoms with van der Waals surface area (Å²) in [6.07, 6.45) is -8.62. The number of anilines is 1. The molecule has 2 saturated heterocycles. The van der Waals surface area contributed by atoms with Crippen molar-refractivity contribution in [2.75, 3.05) is 25.1 Å². The number of aliphatic hydroxyl groups is 4. The normalized spacial score (nSPS) is 32.6. The number of nitrogens with one attached hydrogen (secondary N) is 2. The van der Waals surface area contributed by atoms with Crippen LogP contribution in [-0.4, -0.2) is 112 Å². The lowest BCUT2D eigenvalue weighted by molar-refractivity contribution is -0.745. The summed E-state index contributed by atoms with van der Waals surface area (Å²) in [7, 11) is -15.5. The first kappa shape index (κ1) is 35.9. The molecule has 0 aromatic carbocycles. The van der Waals surface area contributed by atoms with E-state index in [1.54, 1.807) is 0 Å². The predicted octanol–water partition coefficient (Wildman–Crippen LogP) is -2.36. The van der Waals surface area contributed by atoms with Crippen LogP contribution < -0.4 is 15.4 Å². The fraction of sp³-hybridized carbons (Fsp3) is 0.650. The molecule has 0 spiro atoms. The summed E-state index contributed by atoms with van der Waals surface area (Å²) in [6, 6.07) is 0. The van der Waals surface area contributed by atoms with Crippen molar-refractivity contribution in [2.24, 2.45) is 7.05 Å². The number of hydrogen-bond donors (Lipinski definition) is 9. The molecule has 2 fully saturated rings. The number of nitrogens with zero attached hydrogens (tertiary/aromatic N) is 3. The summed E-state index contributed by atoms with van der Waals surface area (Å²) in [6.45, 7) is 3.28. The number of hydrogen-bond acceptors (Lipinski definition) is 16. The molecule has 4 rings (SSSR count). The van der Waals surface area contributed by atoms with Crippen molar-refractivity contribution in [3.63, 3.8) is 0 Å². The zero-order valence-corrected chi connectivity index (χ0v) is 26.2. The van der Waals surface area contributed by atoms with Crippen LogP contribution in [0.1, 0.15) is 13.2 Å². The second-order valence-electron chi connectivity index (χ2n) is 9.96. The average Bonchev–Trinajstić information content (AvgIpc) is 3.50. The Morgan fingerprint density at radius 2 is 1.56 bits per heavy atom. The van der Waals surface area contributed by atoms with Gasteiger partial charge in [0.05, 0.1) is 26.4 Å². The molecule has 0 saturated carbocycles. The van der Waals surface area contributed by atoms with Crippen LogP contribution in [0, 0.1) is 0 Å². The number of imidazole rings is 1. The van der Waals surface area contributed by atoms with Gasteiger partial charge in [-0.1, -0.05) is 11.1 Å². The number of H-pyrrole nitrogens is 1. The van der Waals surface area contributed by atoms with Gasteiger partial charge in [0.2, 0.25) is 11.7 Å². The lowest BCUT2D eigenvalue weighted by atomic mass is 10.1. The molecular formula is C20H33N5O17P3+. The molecule has 5 unspecified atom stereocenters. The van der Waals surface area contributed by atoms with Crippen LogP contribution in [0.25, 0.3) is 11.2 Å². The van der Waals surface area contributed by atoms with E-state index < -0.39 is 91.2 Å². The number of aromatic nitrogens is 4. The Hall–Kier alpha value is -1.94. The van der Waals surface area contributed by atoms with Crippen molar-refractivity contribution in [1.82, 2.24) is 14.5 Å². The maximum absolute atomic E-state index is 12.6. The van der Waals surface area contributed by atoms with Crippen LogP contribution in [-0.2, 0) is 47.9 Å². The maximum Gasteiger partial charge on any atom is 0.490 e. The zero-order valence-electron chi connectivity index (χ0n) is 23.5. The molecule has 254 valence electrons. The molecule has 0 bridgehead atoms. The van der Waals surface area contributed by atoms with E-state index in [-0.39, 0.29) is 23.7 Å². The van der Waals surface area contributed by atoms with Crippen molar-refractivity contribution in [1.29, 1.82) is 0 Å². The molecule has 45 heavy (non-hydrogen) atoms. The van der Waals surface area contributed by atoms with Gasteiger partial charge in [0.25, 0.3) is 11.5 Å². The summed E-state index contributed by atoms with van der Waals surface area (Å²) in [5.74, 6) is 0.0602. The van der Waals surface area contributed by atoms with E-state index in [1.807, 2.05) is 0 Å². The largest absolute Gasteiger partial charge is 0.490 e. The number of phosphoric ester groups is 2. The van der Waals surface area contributed by atoms with Crippen molar-refractivity contribution in [2.45, 2.75) is 55.9 Å². The maximum atomic E-state index is 12.6. The van der Waals surface area contributed by atoms with E-state index in [9.17, 15) is 53.6 Å². The molecular weight excluding hydrogens is 675 g/mol. The first-order chi connectivity index (χ1) is 20.8. The lowest BCUT2D eigenvalue weighted by Crippen LogP contribution is -2.46. The summed E-state index contributed by atoms with van der Waals surface area (Å²) in [5.41, 5.74) is -0.457. The third-order valence-electron chi connectivity index (χ3n) is 6.61. The van der Waals surface area contributed by atoms with E-state index in [0.29, 0.717) is 0 Å². The Kier molecular flexibility index (Phi) is 10.9. The summed E-state index contributed by atoms with van der Waals surface area (Å²) >= 11 is 0. The number of ether oxygens (including phenoxy) is 2. The third-order valence-corrected chi connectivity index (χ3v) is 10.9.